The summed E-state index contributed by atoms with van der Waals surface area (Å²) in [5.74, 6) is -4.63. The molecular formula is C11H11F2NO4S. The molecular weight excluding hydrogens is 280 g/mol. The van der Waals surface area contributed by atoms with E-state index in [0.717, 1.165) is 25.1 Å². The summed E-state index contributed by atoms with van der Waals surface area (Å²) in [5, 5.41) is 10.9. The Morgan fingerprint density at radius 3 is 2.47 bits per heavy atom. The Hall–Kier alpha value is -1.83. The van der Waals surface area contributed by atoms with E-state index in [2.05, 4.69) is 5.32 Å². The summed E-state index contributed by atoms with van der Waals surface area (Å²) in [6.45, 7) is 1.12. The highest BCUT2D eigenvalue weighted by molar-refractivity contribution is 7.85. The van der Waals surface area contributed by atoms with E-state index in [0.29, 0.717) is 0 Å². The normalized spacial score (nSPS) is 13.6. The lowest BCUT2D eigenvalue weighted by Crippen LogP contribution is -2.43. The molecule has 104 valence electrons. The first-order valence-corrected chi connectivity index (χ1v) is 6.46. The number of benzene rings is 1. The van der Waals surface area contributed by atoms with Crippen LogP contribution in [0.15, 0.2) is 23.1 Å². The van der Waals surface area contributed by atoms with Crippen molar-refractivity contribution in [2.24, 2.45) is 0 Å². The molecule has 1 aromatic rings. The lowest BCUT2D eigenvalue weighted by molar-refractivity contribution is -0.140. The van der Waals surface area contributed by atoms with Crippen LogP contribution in [-0.2, 0) is 20.4 Å². The minimum atomic E-state index is -1.87. The predicted octanol–water partition coefficient (Wildman–Crippen LogP) is 0.662. The molecule has 0 bridgehead atoms. The van der Waals surface area contributed by atoms with E-state index in [1.54, 1.807) is 0 Å². The molecule has 2 unspecified atom stereocenters. The monoisotopic (exact) mass is 291 g/mol. The highest BCUT2D eigenvalue weighted by Crippen LogP contribution is 2.13. The van der Waals surface area contributed by atoms with Crippen molar-refractivity contribution in [1.82, 2.24) is 5.32 Å². The van der Waals surface area contributed by atoms with Gasteiger partial charge in [-0.2, -0.15) is 0 Å². The van der Waals surface area contributed by atoms with Crippen LogP contribution in [0.1, 0.15) is 6.92 Å². The quantitative estimate of drug-likeness (QED) is 0.835. The van der Waals surface area contributed by atoms with Crippen molar-refractivity contribution >= 4 is 22.7 Å². The van der Waals surface area contributed by atoms with Crippen molar-refractivity contribution < 1.29 is 27.7 Å². The molecule has 1 aromatic carbocycles. The van der Waals surface area contributed by atoms with Gasteiger partial charge in [0.2, 0.25) is 5.91 Å². The van der Waals surface area contributed by atoms with Crippen molar-refractivity contribution in [2.45, 2.75) is 17.9 Å². The van der Waals surface area contributed by atoms with Gasteiger partial charge in [0.1, 0.15) is 6.04 Å². The van der Waals surface area contributed by atoms with Gasteiger partial charge in [-0.3, -0.25) is 9.00 Å². The Morgan fingerprint density at radius 2 is 2.00 bits per heavy atom. The van der Waals surface area contributed by atoms with E-state index >= 15 is 0 Å². The topological polar surface area (TPSA) is 83.5 Å². The Labute approximate surface area is 110 Å². The molecule has 2 N–H and O–H groups in total. The largest absolute Gasteiger partial charge is 0.480 e. The minimum Gasteiger partial charge on any atom is -0.480 e. The van der Waals surface area contributed by atoms with Gasteiger partial charge in [-0.15, -0.1) is 0 Å². The molecule has 0 saturated carbocycles. The summed E-state index contributed by atoms with van der Waals surface area (Å²) in [7, 11) is -1.87. The molecule has 0 spiro atoms. The third kappa shape index (κ3) is 4.40. The van der Waals surface area contributed by atoms with Crippen LogP contribution in [-0.4, -0.2) is 33.0 Å². The molecule has 0 heterocycles. The highest BCUT2D eigenvalue weighted by atomic mass is 32.2. The fourth-order valence-electron chi connectivity index (χ4n) is 1.29. The van der Waals surface area contributed by atoms with Crippen LogP contribution in [0.5, 0.6) is 0 Å². The van der Waals surface area contributed by atoms with Gasteiger partial charge in [0.25, 0.3) is 0 Å². The van der Waals surface area contributed by atoms with Crippen LogP contribution in [0.2, 0.25) is 0 Å². The average Bonchev–Trinajstić information content (AvgIpc) is 2.31. The molecule has 0 aliphatic rings. The lowest BCUT2D eigenvalue weighted by atomic mass is 10.3. The van der Waals surface area contributed by atoms with E-state index in [9.17, 15) is 22.6 Å². The van der Waals surface area contributed by atoms with Gasteiger partial charge >= 0.3 is 5.97 Å². The fourth-order valence-corrected chi connectivity index (χ4v) is 2.46. The van der Waals surface area contributed by atoms with Crippen LogP contribution in [0.3, 0.4) is 0 Å². The van der Waals surface area contributed by atoms with Gasteiger partial charge < -0.3 is 10.4 Å². The maximum Gasteiger partial charge on any atom is 0.327 e. The third-order valence-electron chi connectivity index (χ3n) is 2.15. The molecule has 8 heteroatoms. The summed E-state index contributed by atoms with van der Waals surface area (Å²) < 4.78 is 37.5. The first-order chi connectivity index (χ1) is 8.81. The average molecular weight is 291 g/mol. The maximum absolute atomic E-state index is 13.0. The van der Waals surface area contributed by atoms with E-state index in [-0.39, 0.29) is 4.90 Å². The Kier molecular flexibility index (Phi) is 5.11. The van der Waals surface area contributed by atoms with Gasteiger partial charge in [0.15, 0.2) is 11.6 Å². The highest BCUT2D eigenvalue weighted by Gasteiger charge is 2.22. The zero-order valence-electron chi connectivity index (χ0n) is 9.85. The van der Waals surface area contributed by atoms with Crippen molar-refractivity contribution in [3.05, 3.63) is 29.8 Å². The molecule has 0 aliphatic carbocycles. The second kappa shape index (κ2) is 6.37. The number of hydrogen-bond donors (Lipinski definition) is 2. The number of halogens is 2. The van der Waals surface area contributed by atoms with Crippen LogP contribution >= 0.6 is 0 Å². The second-order valence-corrected chi connectivity index (χ2v) is 5.18. The van der Waals surface area contributed by atoms with Crippen LogP contribution in [0, 0.1) is 11.6 Å². The van der Waals surface area contributed by atoms with E-state index in [1.165, 1.54) is 0 Å². The first kappa shape index (κ1) is 15.2. The lowest BCUT2D eigenvalue weighted by Gasteiger charge is -2.12. The Bertz CT molecular complexity index is 535. The maximum atomic E-state index is 13.0. The molecule has 5 nitrogen and oxygen atoms in total. The first-order valence-electron chi connectivity index (χ1n) is 5.14. The van der Waals surface area contributed by atoms with Crippen LogP contribution in [0.4, 0.5) is 8.78 Å². The molecule has 0 fully saturated rings. The van der Waals surface area contributed by atoms with E-state index in [1.807, 2.05) is 0 Å². The molecule has 1 rings (SSSR count). The standard InChI is InChI=1S/C11H11F2NO4S/c1-6(15)14-10(11(16)17)5-19(18)7-2-3-8(12)9(13)4-7/h2-4,10H,5H2,1H3,(H,14,15)(H,16,17). The van der Waals surface area contributed by atoms with Gasteiger partial charge in [0.05, 0.1) is 16.6 Å². The smallest absolute Gasteiger partial charge is 0.327 e. The third-order valence-corrected chi connectivity index (χ3v) is 3.56. The zero-order valence-corrected chi connectivity index (χ0v) is 10.7. The number of carboxylic acids is 1. The van der Waals surface area contributed by atoms with E-state index in [4.69, 9.17) is 5.11 Å². The number of rotatable bonds is 5. The second-order valence-electron chi connectivity index (χ2n) is 3.68. The van der Waals surface area contributed by atoms with Gasteiger partial charge in [0, 0.05) is 11.8 Å². The van der Waals surface area contributed by atoms with Gasteiger partial charge in [-0.1, -0.05) is 0 Å². The van der Waals surface area contributed by atoms with Gasteiger partial charge in [-0.25, -0.2) is 13.6 Å². The van der Waals surface area contributed by atoms with Gasteiger partial charge in [-0.05, 0) is 18.2 Å². The van der Waals surface area contributed by atoms with E-state index < -0.39 is 46.1 Å². The number of aliphatic carboxylic acids is 1. The molecule has 0 radical (unpaired) electrons. The van der Waals surface area contributed by atoms with Crippen molar-refractivity contribution in [2.75, 3.05) is 5.75 Å². The summed E-state index contributed by atoms with van der Waals surface area (Å²) in [6.07, 6.45) is 0. The van der Waals surface area contributed by atoms with Crippen molar-refractivity contribution in [3.8, 4) is 0 Å². The zero-order chi connectivity index (χ0) is 14.6. The summed E-state index contributed by atoms with van der Waals surface area (Å²) in [4.78, 5) is 21.6. The summed E-state index contributed by atoms with van der Waals surface area (Å²) in [6, 6.07) is 1.28. The summed E-state index contributed by atoms with van der Waals surface area (Å²) >= 11 is 0. The number of nitrogens with one attached hydrogen (secondary N) is 1. The molecule has 0 aromatic heterocycles. The molecule has 1 amide bonds. The Balaban J connectivity index is 2.84. The molecule has 0 saturated heterocycles. The Morgan fingerprint density at radius 1 is 1.37 bits per heavy atom. The number of carbonyl (C=O) groups is 2. The molecule has 19 heavy (non-hydrogen) atoms. The fraction of sp³-hybridized carbons (Fsp3) is 0.273. The van der Waals surface area contributed by atoms with Crippen LogP contribution in [0.25, 0.3) is 0 Å². The SMILES string of the molecule is CC(=O)NC(CS(=O)c1ccc(F)c(F)c1)C(=O)O. The number of hydrogen-bond acceptors (Lipinski definition) is 3. The van der Waals surface area contributed by atoms with Crippen molar-refractivity contribution in [1.29, 1.82) is 0 Å². The number of carbonyl (C=O) groups excluding carboxylic acids is 1. The summed E-state index contributed by atoms with van der Waals surface area (Å²) in [5.41, 5.74) is 0. The number of amides is 1. The van der Waals surface area contributed by atoms with Crippen molar-refractivity contribution in [3.63, 3.8) is 0 Å². The minimum absolute atomic E-state index is 0.0458. The number of carboxylic acid groups (broad SMARTS) is 1. The van der Waals surface area contributed by atoms with Crippen LogP contribution < -0.4 is 5.32 Å². The molecule has 0 aliphatic heterocycles. The predicted molar refractivity (Wildman–Crippen MR) is 62.9 cm³/mol. The molecule has 2 atom stereocenters.